The van der Waals surface area contributed by atoms with Crippen LogP contribution in [-0.4, -0.2) is 46.2 Å². The van der Waals surface area contributed by atoms with Crippen molar-refractivity contribution in [3.05, 3.63) is 47.7 Å². The van der Waals surface area contributed by atoms with Crippen molar-refractivity contribution in [2.24, 2.45) is 0 Å². The van der Waals surface area contributed by atoms with Crippen LogP contribution < -0.4 is 5.32 Å². The van der Waals surface area contributed by atoms with Crippen molar-refractivity contribution in [2.45, 2.75) is 66.0 Å². The number of carbonyl (C=O) groups excluding carboxylic acids is 2. The number of nitrogens with one attached hydrogen (secondary N) is 1. The van der Waals surface area contributed by atoms with E-state index in [1.807, 2.05) is 68.8 Å². The highest BCUT2D eigenvalue weighted by atomic mass is 16.5. The van der Waals surface area contributed by atoms with Gasteiger partial charge in [-0.2, -0.15) is 5.10 Å². The molecule has 7 heteroatoms. The van der Waals surface area contributed by atoms with E-state index in [1.165, 1.54) is 4.90 Å². The van der Waals surface area contributed by atoms with Gasteiger partial charge in [-0.15, -0.1) is 0 Å². The second kappa shape index (κ2) is 10.1. The van der Waals surface area contributed by atoms with E-state index in [9.17, 15) is 9.59 Å². The van der Waals surface area contributed by atoms with Crippen LogP contribution in [0, 0.1) is 0 Å². The molecule has 2 aromatic rings. The first-order valence-electron chi connectivity index (χ1n) is 10.7. The monoisotopic (exact) mass is 428 g/mol. The summed E-state index contributed by atoms with van der Waals surface area (Å²) in [5, 5.41) is 7.65. The maximum atomic E-state index is 12.7. The number of amides is 2. The molecule has 2 amide bonds. The molecule has 1 aromatic heterocycles. The number of hydrogen-bond donors (Lipinski definition) is 1. The third kappa shape index (κ3) is 7.21. The minimum absolute atomic E-state index is 0.0375. The Labute approximate surface area is 185 Å². The summed E-state index contributed by atoms with van der Waals surface area (Å²) in [7, 11) is 0. The highest BCUT2D eigenvalue weighted by molar-refractivity contribution is 5.94. The summed E-state index contributed by atoms with van der Waals surface area (Å²) in [6, 6.07) is 11.6. The van der Waals surface area contributed by atoms with Gasteiger partial charge in [0.2, 0.25) is 11.8 Å². The quantitative estimate of drug-likeness (QED) is 0.691. The number of benzene rings is 1. The molecule has 0 aliphatic heterocycles. The molecular formula is C24H36N4O3. The molecule has 0 fully saturated rings. The van der Waals surface area contributed by atoms with Crippen molar-refractivity contribution in [1.82, 2.24) is 14.7 Å². The Bertz CT molecular complexity index is 876. The number of hydrogen-bond acceptors (Lipinski definition) is 4. The number of anilines is 1. The molecule has 170 valence electrons. The Hall–Kier alpha value is -2.67. The lowest BCUT2D eigenvalue weighted by Crippen LogP contribution is -2.40. The first kappa shape index (κ1) is 24.6. The zero-order chi connectivity index (χ0) is 23.2. The molecular weight excluding hydrogens is 392 g/mol. The van der Waals surface area contributed by atoms with Gasteiger partial charge in [-0.05, 0) is 33.3 Å². The predicted octanol–water partition coefficient (Wildman–Crippen LogP) is 3.94. The first-order chi connectivity index (χ1) is 14.4. The van der Waals surface area contributed by atoms with E-state index in [0.717, 1.165) is 11.3 Å². The van der Waals surface area contributed by atoms with Crippen molar-refractivity contribution in [1.29, 1.82) is 0 Å². The van der Waals surface area contributed by atoms with Crippen LogP contribution in [0.2, 0.25) is 0 Å². The summed E-state index contributed by atoms with van der Waals surface area (Å²) < 4.78 is 7.36. The van der Waals surface area contributed by atoms with Crippen molar-refractivity contribution in [3.63, 3.8) is 0 Å². The summed E-state index contributed by atoms with van der Waals surface area (Å²) in [4.78, 5) is 26.7. The molecule has 0 saturated heterocycles. The molecule has 1 aromatic carbocycles. The maximum Gasteiger partial charge on any atom is 0.249 e. The van der Waals surface area contributed by atoms with Crippen LogP contribution in [0.3, 0.4) is 0 Å². The SMILES string of the molecule is CCN(CC(=O)Nc1cc(C(C)(C)C)nn1C(C)(C)C)C(=O)COCc1ccccc1. The van der Waals surface area contributed by atoms with E-state index in [2.05, 4.69) is 26.1 Å². The molecule has 1 heterocycles. The Morgan fingerprint density at radius 1 is 1.10 bits per heavy atom. The van der Waals surface area contributed by atoms with Crippen molar-refractivity contribution in [3.8, 4) is 0 Å². The van der Waals surface area contributed by atoms with Crippen molar-refractivity contribution < 1.29 is 14.3 Å². The van der Waals surface area contributed by atoms with Gasteiger partial charge in [-0.1, -0.05) is 51.1 Å². The van der Waals surface area contributed by atoms with Gasteiger partial charge in [0, 0.05) is 18.0 Å². The van der Waals surface area contributed by atoms with Crippen LogP contribution in [0.15, 0.2) is 36.4 Å². The van der Waals surface area contributed by atoms with Crippen LogP contribution in [0.1, 0.15) is 59.7 Å². The third-order valence-electron chi connectivity index (χ3n) is 4.79. The van der Waals surface area contributed by atoms with Gasteiger partial charge in [0.1, 0.15) is 12.4 Å². The van der Waals surface area contributed by atoms with Crippen LogP contribution >= 0.6 is 0 Å². The maximum absolute atomic E-state index is 12.7. The smallest absolute Gasteiger partial charge is 0.249 e. The summed E-state index contributed by atoms with van der Waals surface area (Å²) in [6.07, 6.45) is 0. The fraction of sp³-hybridized carbons (Fsp3) is 0.542. The topological polar surface area (TPSA) is 76.5 Å². The fourth-order valence-corrected chi connectivity index (χ4v) is 3.00. The molecule has 0 saturated carbocycles. The Morgan fingerprint density at radius 3 is 2.29 bits per heavy atom. The van der Waals surface area contributed by atoms with E-state index in [1.54, 1.807) is 0 Å². The van der Waals surface area contributed by atoms with Gasteiger partial charge >= 0.3 is 0 Å². The van der Waals surface area contributed by atoms with Crippen molar-refractivity contribution >= 4 is 17.6 Å². The lowest BCUT2D eigenvalue weighted by atomic mass is 9.92. The van der Waals surface area contributed by atoms with Gasteiger partial charge in [-0.25, -0.2) is 4.68 Å². The number of ether oxygens (including phenoxy) is 1. The molecule has 0 aliphatic carbocycles. The molecule has 2 rings (SSSR count). The van der Waals surface area contributed by atoms with E-state index in [-0.39, 0.29) is 35.9 Å². The zero-order valence-corrected chi connectivity index (χ0v) is 19.9. The van der Waals surface area contributed by atoms with Crippen LogP contribution in [0.4, 0.5) is 5.82 Å². The molecule has 7 nitrogen and oxygen atoms in total. The average Bonchev–Trinajstić information content (AvgIpc) is 3.11. The van der Waals surface area contributed by atoms with Gasteiger partial charge in [0.25, 0.3) is 0 Å². The van der Waals surface area contributed by atoms with E-state index in [4.69, 9.17) is 9.84 Å². The molecule has 0 atom stereocenters. The minimum atomic E-state index is -0.294. The molecule has 0 spiro atoms. The molecule has 1 N–H and O–H groups in total. The van der Waals surface area contributed by atoms with E-state index in [0.29, 0.717) is 19.0 Å². The summed E-state index contributed by atoms with van der Waals surface area (Å²) in [5.41, 5.74) is 1.46. The summed E-state index contributed by atoms with van der Waals surface area (Å²) in [6.45, 7) is 14.9. The molecule has 0 radical (unpaired) electrons. The van der Waals surface area contributed by atoms with Crippen LogP contribution in [-0.2, 0) is 31.9 Å². The van der Waals surface area contributed by atoms with Crippen LogP contribution in [0.25, 0.3) is 0 Å². The molecule has 0 aliphatic rings. The summed E-state index contributed by atoms with van der Waals surface area (Å²) in [5.74, 6) is 0.156. The van der Waals surface area contributed by atoms with Crippen molar-refractivity contribution in [2.75, 3.05) is 25.0 Å². The predicted molar refractivity (Wildman–Crippen MR) is 123 cm³/mol. The average molecular weight is 429 g/mol. The Morgan fingerprint density at radius 2 is 1.74 bits per heavy atom. The summed E-state index contributed by atoms with van der Waals surface area (Å²) >= 11 is 0. The van der Waals surface area contributed by atoms with E-state index >= 15 is 0 Å². The second-order valence-corrected chi connectivity index (χ2v) is 9.68. The standard InChI is InChI=1S/C24H36N4O3/c1-8-27(22(30)17-31-16-18-12-10-9-11-13-18)15-21(29)25-20-14-19(23(2,3)4)26-28(20)24(5,6)7/h9-14H,8,15-17H2,1-7H3,(H,25,29). The Kier molecular flexibility index (Phi) is 8.01. The number of carbonyl (C=O) groups is 2. The van der Waals surface area contributed by atoms with Gasteiger partial charge < -0.3 is 15.0 Å². The number of likely N-dealkylation sites (N-methyl/N-ethyl adjacent to an activating group) is 1. The van der Waals surface area contributed by atoms with Gasteiger partial charge in [-0.3, -0.25) is 9.59 Å². The first-order valence-corrected chi connectivity index (χ1v) is 10.7. The lowest BCUT2D eigenvalue weighted by molar-refractivity contribution is -0.139. The Balaban J connectivity index is 1.99. The third-order valence-corrected chi connectivity index (χ3v) is 4.79. The normalized spacial score (nSPS) is 12.0. The molecule has 0 bridgehead atoms. The number of rotatable bonds is 8. The molecule has 31 heavy (non-hydrogen) atoms. The largest absolute Gasteiger partial charge is 0.367 e. The second-order valence-electron chi connectivity index (χ2n) is 9.68. The minimum Gasteiger partial charge on any atom is -0.367 e. The highest BCUT2D eigenvalue weighted by Gasteiger charge is 2.26. The molecule has 0 unspecified atom stereocenters. The van der Waals surface area contributed by atoms with E-state index < -0.39 is 0 Å². The zero-order valence-electron chi connectivity index (χ0n) is 19.9. The number of aromatic nitrogens is 2. The highest BCUT2D eigenvalue weighted by Crippen LogP contribution is 2.28. The lowest BCUT2D eigenvalue weighted by Gasteiger charge is -2.24. The van der Waals surface area contributed by atoms with Gasteiger partial charge in [0.15, 0.2) is 0 Å². The van der Waals surface area contributed by atoms with Gasteiger partial charge in [0.05, 0.1) is 24.4 Å². The fourth-order valence-electron chi connectivity index (χ4n) is 3.00. The number of nitrogens with zero attached hydrogens (tertiary/aromatic N) is 3. The van der Waals surface area contributed by atoms with Crippen LogP contribution in [0.5, 0.6) is 0 Å².